The Morgan fingerprint density at radius 1 is 1.25 bits per heavy atom. The zero-order valence-corrected chi connectivity index (χ0v) is 21.2. The van der Waals surface area contributed by atoms with Gasteiger partial charge in [0.1, 0.15) is 17.9 Å². The van der Waals surface area contributed by atoms with Gasteiger partial charge in [-0.25, -0.2) is 4.98 Å². The number of nitrogens with one attached hydrogen (secondary N) is 2. The van der Waals surface area contributed by atoms with Crippen molar-refractivity contribution in [2.24, 2.45) is 0 Å². The Bertz CT molecular complexity index is 1410. The first-order valence-corrected chi connectivity index (χ1v) is 12.4. The van der Waals surface area contributed by atoms with E-state index < -0.39 is 6.04 Å². The van der Waals surface area contributed by atoms with Crippen LogP contribution in [0.2, 0.25) is 0 Å². The standard InChI is InChI=1S/C25H26BrN7O3/c1-36-21-5-3-2-4-17(21)19(30-23(34)14-33-12-18(26)24(27)31-33)11-28-25(35)16-8-9-32-13-20(15-6-7-15)29-22(32)10-16/h2-5,8-10,12-13,15,19H,6-7,11,14H2,1H3,(H2,27,31)(H,28,35)(H,30,34). The molecule has 1 atom stereocenters. The molecule has 0 bridgehead atoms. The van der Waals surface area contributed by atoms with Gasteiger partial charge in [-0.3, -0.25) is 14.3 Å². The van der Waals surface area contributed by atoms with Gasteiger partial charge in [0, 0.05) is 42.2 Å². The second-order valence-corrected chi connectivity index (χ2v) is 9.61. The van der Waals surface area contributed by atoms with Crippen LogP contribution in [0.4, 0.5) is 5.82 Å². The molecule has 1 aromatic carbocycles. The molecule has 11 heteroatoms. The summed E-state index contributed by atoms with van der Waals surface area (Å²) in [5, 5.41) is 10.0. The molecule has 1 aliphatic carbocycles. The van der Waals surface area contributed by atoms with Crippen LogP contribution < -0.4 is 21.1 Å². The van der Waals surface area contributed by atoms with Gasteiger partial charge in [0.25, 0.3) is 5.91 Å². The van der Waals surface area contributed by atoms with Crippen molar-refractivity contribution < 1.29 is 14.3 Å². The molecule has 1 fully saturated rings. The number of para-hydroxylation sites is 1. The Morgan fingerprint density at radius 2 is 2.06 bits per heavy atom. The summed E-state index contributed by atoms with van der Waals surface area (Å²) in [6, 6.07) is 10.4. The van der Waals surface area contributed by atoms with E-state index in [0.29, 0.717) is 27.5 Å². The van der Waals surface area contributed by atoms with Crippen molar-refractivity contribution in [1.29, 1.82) is 0 Å². The number of anilines is 1. The molecule has 1 unspecified atom stereocenters. The Labute approximate surface area is 216 Å². The number of nitrogen functional groups attached to an aromatic ring is 1. The highest BCUT2D eigenvalue weighted by Gasteiger charge is 2.26. The molecular weight excluding hydrogens is 526 g/mol. The molecule has 36 heavy (non-hydrogen) atoms. The van der Waals surface area contributed by atoms with Gasteiger partial charge < -0.3 is 25.5 Å². The predicted molar refractivity (Wildman–Crippen MR) is 138 cm³/mol. The van der Waals surface area contributed by atoms with Gasteiger partial charge in [-0.15, -0.1) is 0 Å². The van der Waals surface area contributed by atoms with Crippen LogP contribution in [0.1, 0.15) is 46.4 Å². The largest absolute Gasteiger partial charge is 0.496 e. The first kappa shape index (κ1) is 23.9. The number of nitrogens with zero attached hydrogens (tertiary/aromatic N) is 4. The highest BCUT2D eigenvalue weighted by Crippen LogP contribution is 2.39. The maximum absolute atomic E-state index is 13.0. The molecule has 4 aromatic rings. The van der Waals surface area contributed by atoms with Crippen LogP contribution in [0.25, 0.3) is 5.65 Å². The van der Waals surface area contributed by atoms with Gasteiger partial charge in [0.05, 0.1) is 23.3 Å². The summed E-state index contributed by atoms with van der Waals surface area (Å²) in [7, 11) is 1.57. The van der Waals surface area contributed by atoms with E-state index in [9.17, 15) is 9.59 Å². The van der Waals surface area contributed by atoms with Crippen LogP contribution in [0, 0.1) is 0 Å². The quantitative estimate of drug-likeness (QED) is 0.293. The number of halogens is 1. The van der Waals surface area contributed by atoms with E-state index in [1.54, 1.807) is 25.4 Å². The van der Waals surface area contributed by atoms with Gasteiger partial charge in [0.15, 0.2) is 5.82 Å². The van der Waals surface area contributed by atoms with E-state index in [-0.39, 0.29) is 24.9 Å². The number of methoxy groups -OCH3 is 1. The molecule has 0 saturated heterocycles. The van der Waals surface area contributed by atoms with Gasteiger partial charge in [-0.05, 0) is 47.0 Å². The minimum Gasteiger partial charge on any atom is -0.496 e. The smallest absolute Gasteiger partial charge is 0.251 e. The summed E-state index contributed by atoms with van der Waals surface area (Å²) in [6.45, 7) is 0.123. The van der Waals surface area contributed by atoms with E-state index in [1.807, 2.05) is 41.1 Å². The molecule has 3 aromatic heterocycles. The lowest BCUT2D eigenvalue weighted by molar-refractivity contribution is -0.122. The number of imidazole rings is 1. The number of rotatable bonds is 9. The number of carbonyl (C=O) groups excluding carboxylic acids is 2. The van der Waals surface area contributed by atoms with Crippen LogP contribution in [0.15, 0.2) is 59.5 Å². The lowest BCUT2D eigenvalue weighted by Gasteiger charge is -2.22. The van der Waals surface area contributed by atoms with Crippen LogP contribution in [0.3, 0.4) is 0 Å². The number of hydrogen-bond donors (Lipinski definition) is 3. The van der Waals surface area contributed by atoms with Crippen LogP contribution in [-0.4, -0.2) is 44.6 Å². The zero-order chi connectivity index (χ0) is 25.2. The molecule has 3 heterocycles. The third-order valence-corrected chi connectivity index (χ3v) is 6.71. The fourth-order valence-corrected chi connectivity index (χ4v) is 4.40. The maximum Gasteiger partial charge on any atom is 0.251 e. The lowest BCUT2D eigenvalue weighted by Crippen LogP contribution is -2.39. The average molecular weight is 552 g/mol. The van der Waals surface area contributed by atoms with Crippen molar-refractivity contribution in [3.8, 4) is 5.75 Å². The maximum atomic E-state index is 13.0. The Hall–Kier alpha value is -3.86. The van der Waals surface area contributed by atoms with Gasteiger partial charge in [0.2, 0.25) is 5.91 Å². The minimum absolute atomic E-state index is 0.0325. The monoisotopic (exact) mass is 551 g/mol. The highest BCUT2D eigenvalue weighted by molar-refractivity contribution is 9.10. The summed E-state index contributed by atoms with van der Waals surface area (Å²) in [5.41, 5.74) is 8.80. The Morgan fingerprint density at radius 3 is 2.78 bits per heavy atom. The molecule has 10 nitrogen and oxygen atoms in total. The van der Waals surface area contributed by atoms with Crippen molar-refractivity contribution in [1.82, 2.24) is 29.8 Å². The van der Waals surface area contributed by atoms with E-state index in [4.69, 9.17) is 10.5 Å². The normalized spacial score (nSPS) is 13.9. The third kappa shape index (κ3) is 5.20. The Balaban J connectivity index is 1.31. The fraction of sp³-hybridized carbons (Fsp3) is 0.280. The lowest BCUT2D eigenvalue weighted by atomic mass is 10.0. The molecule has 1 saturated carbocycles. The molecule has 4 N–H and O–H groups in total. The summed E-state index contributed by atoms with van der Waals surface area (Å²) in [4.78, 5) is 30.5. The molecule has 1 aliphatic rings. The van der Waals surface area contributed by atoms with Crippen molar-refractivity contribution in [3.05, 3.63) is 76.3 Å². The molecule has 186 valence electrons. The van der Waals surface area contributed by atoms with Gasteiger partial charge >= 0.3 is 0 Å². The van der Waals surface area contributed by atoms with E-state index in [0.717, 1.165) is 16.9 Å². The molecule has 5 rings (SSSR count). The zero-order valence-electron chi connectivity index (χ0n) is 19.6. The number of hydrogen-bond acceptors (Lipinski definition) is 6. The van der Waals surface area contributed by atoms with Gasteiger partial charge in [-0.2, -0.15) is 5.10 Å². The fourth-order valence-electron chi connectivity index (χ4n) is 4.09. The minimum atomic E-state index is -0.537. The molecule has 0 radical (unpaired) electrons. The van der Waals surface area contributed by atoms with E-state index >= 15 is 0 Å². The van der Waals surface area contributed by atoms with Crippen molar-refractivity contribution in [3.63, 3.8) is 0 Å². The van der Waals surface area contributed by atoms with E-state index in [1.165, 1.54) is 17.5 Å². The number of benzene rings is 1. The Kier molecular flexibility index (Phi) is 6.64. The first-order valence-electron chi connectivity index (χ1n) is 11.6. The summed E-state index contributed by atoms with van der Waals surface area (Å²) >= 11 is 3.29. The second-order valence-electron chi connectivity index (χ2n) is 8.75. The second kappa shape index (κ2) is 10.0. The SMILES string of the molecule is COc1ccccc1C(CNC(=O)c1ccn2cc(C3CC3)nc2c1)NC(=O)Cn1cc(Br)c(N)n1. The van der Waals surface area contributed by atoms with Crippen molar-refractivity contribution in [2.75, 3.05) is 19.4 Å². The van der Waals surface area contributed by atoms with Crippen LogP contribution >= 0.6 is 15.9 Å². The number of fused-ring (bicyclic) bond motifs is 1. The summed E-state index contributed by atoms with van der Waals surface area (Å²) < 4.78 is 9.49. The number of pyridine rings is 1. The van der Waals surface area contributed by atoms with Crippen LogP contribution in [0.5, 0.6) is 5.75 Å². The predicted octanol–water partition coefficient (Wildman–Crippen LogP) is 3.05. The topological polar surface area (TPSA) is 129 Å². The number of amides is 2. The molecule has 0 aliphatic heterocycles. The van der Waals surface area contributed by atoms with E-state index in [2.05, 4.69) is 36.6 Å². The summed E-state index contributed by atoms with van der Waals surface area (Å²) in [6.07, 6.45) is 7.83. The average Bonchev–Trinajstić information content (AvgIpc) is 3.56. The summed E-state index contributed by atoms with van der Waals surface area (Å²) in [5.74, 6) is 0.893. The first-order chi connectivity index (χ1) is 17.4. The molecular formula is C25H26BrN7O3. The number of ether oxygens (including phenoxy) is 1. The van der Waals surface area contributed by atoms with Crippen molar-refractivity contribution in [2.45, 2.75) is 31.3 Å². The highest BCUT2D eigenvalue weighted by atomic mass is 79.9. The molecule has 0 spiro atoms. The number of nitrogens with two attached hydrogens (primary N) is 1. The van der Waals surface area contributed by atoms with Crippen LogP contribution in [-0.2, 0) is 11.3 Å². The van der Waals surface area contributed by atoms with Gasteiger partial charge in [-0.1, -0.05) is 18.2 Å². The number of aromatic nitrogens is 4. The number of carbonyl (C=O) groups is 2. The molecule has 2 amide bonds. The third-order valence-electron chi connectivity index (χ3n) is 6.10. The van der Waals surface area contributed by atoms with Crippen molar-refractivity contribution >= 4 is 39.2 Å².